The molecule has 0 aliphatic heterocycles. The number of hydroxylamine groups is 2. The van der Waals surface area contributed by atoms with Crippen molar-refractivity contribution < 1.29 is 9.63 Å². The second-order valence-corrected chi connectivity index (χ2v) is 3.22. The van der Waals surface area contributed by atoms with E-state index in [0.717, 1.165) is 10.6 Å². The second kappa shape index (κ2) is 4.39. The maximum atomic E-state index is 11.6. The van der Waals surface area contributed by atoms with Crippen LogP contribution in [-0.4, -0.2) is 30.1 Å². The Bertz CT molecular complexity index is 334. The van der Waals surface area contributed by atoms with Crippen molar-refractivity contribution in [3.8, 4) is 0 Å². The van der Waals surface area contributed by atoms with Crippen LogP contribution in [0.4, 0.5) is 0 Å². The molecule has 1 heterocycles. The van der Waals surface area contributed by atoms with E-state index in [1.54, 1.807) is 12.1 Å². The zero-order chi connectivity index (χ0) is 10.7. The van der Waals surface area contributed by atoms with Crippen molar-refractivity contribution in [3.63, 3.8) is 0 Å². The summed E-state index contributed by atoms with van der Waals surface area (Å²) in [6.07, 6.45) is 0. The average molecular weight is 215 g/mol. The maximum absolute atomic E-state index is 11.6. The Hall–Kier alpha value is -1.13. The van der Waals surface area contributed by atoms with Gasteiger partial charge in [0.15, 0.2) is 0 Å². The molecule has 0 radical (unpaired) electrons. The molecule has 0 aliphatic carbocycles. The van der Waals surface area contributed by atoms with Crippen LogP contribution < -0.4 is 0 Å². The fraction of sp³-hybridized carbons (Fsp3) is 0.333. The van der Waals surface area contributed by atoms with Crippen LogP contribution in [0.25, 0.3) is 0 Å². The summed E-state index contributed by atoms with van der Waals surface area (Å²) in [6.45, 7) is 1.84. The van der Waals surface area contributed by atoms with Crippen molar-refractivity contribution in [2.24, 2.45) is 0 Å². The van der Waals surface area contributed by atoms with Gasteiger partial charge in [-0.25, -0.2) is 10.0 Å². The van der Waals surface area contributed by atoms with Crippen molar-refractivity contribution in [3.05, 3.63) is 28.5 Å². The zero-order valence-electron chi connectivity index (χ0n) is 8.24. The summed E-state index contributed by atoms with van der Waals surface area (Å²) >= 11 is 5.72. The van der Waals surface area contributed by atoms with Gasteiger partial charge in [-0.1, -0.05) is 11.6 Å². The molecule has 0 fully saturated rings. The number of rotatable bonds is 2. The first-order valence-corrected chi connectivity index (χ1v) is 4.38. The number of amides is 1. The Labute approximate surface area is 87.4 Å². The number of aromatic nitrogens is 1. The normalized spacial score (nSPS) is 10.0. The highest BCUT2D eigenvalue weighted by Crippen LogP contribution is 2.11. The minimum Gasteiger partial charge on any atom is -0.274 e. The molecule has 0 unspecified atom stereocenters. The van der Waals surface area contributed by atoms with E-state index in [4.69, 9.17) is 16.4 Å². The van der Waals surface area contributed by atoms with E-state index in [-0.39, 0.29) is 11.6 Å². The van der Waals surface area contributed by atoms with Gasteiger partial charge in [0.05, 0.1) is 7.11 Å². The lowest BCUT2D eigenvalue weighted by molar-refractivity contribution is -0.0760. The minimum atomic E-state index is -0.321. The molecule has 0 atom stereocenters. The Morgan fingerprint density at radius 1 is 1.57 bits per heavy atom. The largest absolute Gasteiger partial charge is 0.295 e. The molecule has 1 aromatic heterocycles. The number of nitrogens with zero attached hydrogens (tertiary/aromatic N) is 2. The Morgan fingerprint density at radius 3 is 2.71 bits per heavy atom. The molecular formula is C9H11ClN2O2. The molecule has 0 aliphatic rings. The standard InChI is InChI=1S/C9H11ClN2O2/c1-6-4-7(11-8(10)5-6)9(13)12(2)14-3/h4-5H,1-3H3. The van der Waals surface area contributed by atoms with E-state index < -0.39 is 0 Å². The quantitative estimate of drug-likeness (QED) is 0.556. The van der Waals surface area contributed by atoms with Gasteiger partial charge in [-0.3, -0.25) is 9.63 Å². The van der Waals surface area contributed by atoms with Crippen LogP contribution in [-0.2, 0) is 4.84 Å². The molecule has 0 spiro atoms. The van der Waals surface area contributed by atoms with E-state index >= 15 is 0 Å². The maximum Gasteiger partial charge on any atom is 0.295 e. The Kier molecular flexibility index (Phi) is 3.43. The molecule has 76 valence electrons. The van der Waals surface area contributed by atoms with Crippen LogP contribution >= 0.6 is 11.6 Å². The smallest absolute Gasteiger partial charge is 0.274 e. The molecule has 4 nitrogen and oxygen atoms in total. The Balaban J connectivity index is 3.01. The molecule has 14 heavy (non-hydrogen) atoms. The molecule has 0 saturated heterocycles. The van der Waals surface area contributed by atoms with E-state index in [0.29, 0.717) is 5.15 Å². The van der Waals surface area contributed by atoms with Gasteiger partial charge in [-0.2, -0.15) is 0 Å². The zero-order valence-corrected chi connectivity index (χ0v) is 9.00. The number of carbonyl (C=O) groups is 1. The van der Waals surface area contributed by atoms with E-state index in [9.17, 15) is 4.79 Å². The Morgan fingerprint density at radius 2 is 2.21 bits per heavy atom. The number of halogens is 1. The van der Waals surface area contributed by atoms with E-state index in [2.05, 4.69) is 4.98 Å². The monoisotopic (exact) mass is 214 g/mol. The highest BCUT2D eigenvalue weighted by atomic mass is 35.5. The first kappa shape index (κ1) is 10.9. The van der Waals surface area contributed by atoms with Gasteiger partial charge >= 0.3 is 0 Å². The third-order valence-corrected chi connectivity index (χ3v) is 1.91. The number of aryl methyl sites for hydroxylation is 1. The molecule has 1 amide bonds. The first-order chi connectivity index (χ1) is 6.54. The predicted octanol–water partition coefficient (Wildman–Crippen LogP) is 1.68. The predicted molar refractivity (Wildman–Crippen MR) is 53.1 cm³/mol. The van der Waals surface area contributed by atoms with Crippen LogP contribution in [0.3, 0.4) is 0 Å². The summed E-state index contributed by atoms with van der Waals surface area (Å²) in [7, 11) is 2.93. The fourth-order valence-electron chi connectivity index (χ4n) is 0.979. The number of carbonyl (C=O) groups excluding carboxylic acids is 1. The summed E-state index contributed by atoms with van der Waals surface area (Å²) in [4.78, 5) is 20.2. The molecule has 0 bridgehead atoms. The highest BCUT2D eigenvalue weighted by Gasteiger charge is 2.13. The number of pyridine rings is 1. The van der Waals surface area contributed by atoms with Gasteiger partial charge in [-0.05, 0) is 24.6 Å². The van der Waals surface area contributed by atoms with E-state index in [1.165, 1.54) is 14.2 Å². The molecule has 1 rings (SSSR count). The van der Waals surface area contributed by atoms with Crippen molar-refractivity contribution in [2.75, 3.05) is 14.2 Å². The molecule has 0 saturated carbocycles. The van der Waals surface area contributed by atoms with E-state index in [1.807, 2.05) is 6.92 Å². The van der Waals surface area contributed by atoms with Crippen molar-refractivity contribution in [1.29, 1.82) is 0 Å². The third kappa shape index (κ3) is 2.43. The van der Waals surface area contributed by atoms with Gasteiger partial charge in [0.25, 0.3) is 5.91 Å². The van der Waals surface area contributed by atoms with Crippen molar-refractivity contribution >= 4 is 17.5 Å². The van der Waals surface area contributed by atoms with Crippen LogP contribution in [0.2, 0.25) is 5.15 Å². The van der Waals surface area contributed by atoms with Gasteiger partial charge in [0, 0.05) is 7.05 Å². The molecule has 0 aromatic carbocycles. The molecule has 0 N–H and O–H groups in total. The summed E-state index contributed by atoms with van der Waals surface area (Å²) in [5.74, 6) is -0.321. The van der Waals surface area contributed by atoms with Crippen LogP contribution in [0.15, 0.2) is 12.1 Å². The molecule has 1 aromatic rings. The summed E-state index contributed by atoms with van der Waals surface area (Å²) < 4.78 is 0. The molecular weight excluding hydrogens is 204 g/mol. The van der Waals surface area contributed by atoms with Gasteiger partial charge in [0.2, 0.25) is 0 Å². The first-order valence-electron chi connectivity index (χ1n) is 4.01. The third-order valence-electron chi connectivity index (χ3n) is 1.72. The minimum absolute atomic E-state index is 0.277. The van der Waals surface area contributed by atoms with Crippen LogP contribution in [0, 0.1) is 6.92 Å². The number of hydrogen-bond donors (Lipinski definition) is 0. The lowest BCUT2D eigenvalue weighted by Gasteiger charge is -2.13. The summed E-state index contributed by atoms with van der Waals surface area (Å²) in [5, 5.41) is 1.40. The van der Waals surface area contributed by atoms with Gasteiger partial charge in [-0.15, -0.1) is 0 Å². The lowest BCUT2D eigenvalue weighted by atomic mass is 10.2. The average Bonchev–Trinajstić information content (AvgIpc) is 2.14. The summed E-state index contributed by atoms with van der Waals surface area (Å²) in [6, 6.07) is 3.34. The van der Waals surface area contributed by atoms with Crippen LogP contribution in [0.5, 0.6) is 0 Å². The van der Waals surface area contributed by atoms with Crippen molar-refractivity contribution in [2.45, 2.75) is 6.92 Å². The SMILES string of the molecule is CON(C)C(=O)c1cc(C)cc(Cl)n1. The molecule has 5 heteroatoms. The van der Waals surface area contributed by atoms with Crippen molar-refractivity contribution in [1.82, 2.24) is 10.0 Å². The van der Waals surface area contributed by atoms with Gasteiger partial charge in [0.1, 0.15) is 10.8 Å². The second-order valence-electron chi connectivity index (χ2n) is 2.84. The van der Waals surface area contributed by atoms with Crippen LogP contribution in [0.1, 0.15) is 16.1 Å². The topological polar surface area (TPSA) is 42.4 Å². The fourth-order valence-corrected chi connectivity index (χ4v) is 1.24. The number of hydrogen-bond acceptors (Lipinski definition) is 3. The summed E-state index contributed by atoms with van der Waals surface area (Å²) in [5.41, 5.74) is 1.16. The van der Waals surface area contributed by atoms with Gasteiger partial charge < -0.3 is 0 Å². The highest BCUT2D eigenvalue weighted by molar-refractivity contribution is 6.29. The lowest BCUT2D eigenvalue weighted by Crippen LogP contribution is -2.26.